The van der Waals surface area contributed by atoms with Crippen LogP contribution >= 0.6 is 11.6 Å². The van der Waals surface area contributed by atoms with Gasteiger partial charge in [-0.15, -0.1) is 0 Å². The fourth-order valence-corrected chi connectivity index (χ4v) is 2.22. The van der Waals surface area contributed by atoms with Crippen LogP contribution in [0, 0.1) is 5.92 Å². The summed E-state index contributed by atoms with van der Waals surface area (Å²) >= 11 is 6.24. The third kappa shape index (κ3) is 3.89. The van der Waals surface area contributed by atoms with Crippen molar-refractivity contribution in [2.45, 2.75) is 45.7 Å². The molecule has 2 nitrogen and oxygen atoms in total. The van der Waals surface area contributed by atoms with Crippen LogP contribution in [-0.2, 0) is 6.54 Å². The van der Waals surface area contributed by atoms with Crippen molar-refractivity contribution in [1.82, 2.24) is 5.32 Å². The molecule has 0 heterocycles. The maximum absolute atomic E-state index is 6.24. The van der Waals surface area contributed by atoms with E-state index in [1.807, 2.05) is 12.1 Å². The summed E-state index contributed by atoms with van der Waals surface area (Å²) in [6, 6.07) is 6.54. The van der Waals surface area contributed by atoms with E-state index in [0.29, 0.717) is 6.04 Å². The van der Waals surface area contributed by atoms with Crippen LogP contribution in [0.25, 0.3) is 0 Å². The van der Waals surface area contributed by atoms with E-state index in [1.54, 1.807) is 0 Å². The molecule has 18 heavy (non-hydrogen) atoms. The molecule has 0 saturated heterocycles. The minimum atomic E-state index is 0.485. The average molecular weight is 268 g/mol. The molecular formula is C15H22ClNO. The monoisotopic (exact) mass is 267 g/mol. The van der Waals surface area contributed by atoms with Gasteiger partial charge in [-0.2, -0.15) is 0 Å². The summed E-state index contributed by atoms with van der Waals surface area (Å²) in [5.41, 5.74) is 1.20. The highest BCUT2D eigenvalue weighted by Crippen LogP contribution is 2.30. The summed E-state index contributed by atoms with van der Waals surface area (Å²) in [6.07, 6.45) is 3.95. The van der Waals surface area contributed by atoms with E-state index < -0.39 is 0 Å². The molecule has 3 heteroatoms. The van der Waals surface area contributed by atoms with E-state index in [-0.39, 0.29) is 0 Å². The van der Waals surface area contributed by atoms with Gasteiger partial charge < -0.3 is 10.1 Å². The van der Waals surface area contributed by atoms with Gasteiger partial charge in [0.25, 0.3) is 0 Å². The molecule has 0 unspecified atom stereocenters. The molecule has 1 aliphatic carbocycles. The third-order valence-electron chi connectivity index (χ3n) is 3.41. The molecule has 0 aromatic heterocycles. The van der Waals surface area contributed by atoms with Gasteiger partial charge in [0.05, 0.1) is 11.6 Å². The number of nitrogens with one attached hydrogen (secondary N) is 1. The van der Waals surface area contributed by atoms with Gasteiger partial charge in [0.15, 0.2) is 0 Å². The van der Waals surface area contributed by atoms with Crippen LogP contribution in [-0.4, -0.2) is 12.6 Å². The van der Waals surface area contributed by atoms with E-state index in [4.69, 9.17) is 16.3 Å². The smallest absolute Gasteiger partial charge is 0.137 e. The maximum atomic E-state index is 6.24. The summed E-state index contributed by atoms with van der Waals surface area (Å²) in [6.45, 7) is 5.93. The molecule has 1 aromatic carbocycles. The lowest BCUT2D eigenvalue weighted by Gasteiger charge is -2.25. The number of benzene rings is 1. The molecule has 0 amide bonds. The van der Waals surface area contributed by atoms with Crippen molar-refractivity contribution in [2.75, 3.05) is 6.61 Å². The standard InChI is InChI=1S/C15H22ClNO/c1-11(2)17-9-13-6-7-15(14(16)8-13)18-10-12-4-3-5-12/h6-8,11-12,17H,3-5,9-10H2,1-2H3. The fourth-order valence-electron chi connectivity index (χ4n) is 1.96. The average Bonchev–Trinajstić information content (AvgIpc) is 2.26. The van der Waals surface area contributed by atoms with E-state index in [0.717, 1.165) is 29.8 Å². The Bertz CT molecular complexity index is 388. The molecule has 0 spiro atoms. The van der Waals surface area contributed by atoms with Crippen LogP contribution in [0.4, 0.5) is 0 Å². The summed E-state index contributed by atoms with van der Waals surface area (Å²) in [7, 11) is 0. The van der Waals surface area contributed by atoms with Gasteiger partial charge in [-0.3, -0.25) is 0 Å². The van der Waals surface area contributed by atoms with Crippen molar-refractivity contribution in [1.29, 1.82) is 0 Å². The topological polar surface area (TPSA) is 21.3 Å². The number of hydrogen-bond donors (Lipinski definition) is 1. The summed E-state index contributed by atoms with van der Waals surface area (Å²) in [5, 5.41) is 4.10. The van der Waals surface area contributed by atoms with Crippen LogP contribution < -0.4 is 10.1 Å². The fraction of sp³-hybridized carbons (Fsp3) is 0.600. The zero-order chi connectivity index (χ0) is 13.0. The van der Waals surface area contributed by atoms with Crippen molar-refractivity contribution in [3.63, 3.8) is 0 Å². The Hall–Kier alpha value is -0.730. The highest BCUT2D eigenvalue weighted by atomic mass is 35.5. The quantitative estimate of drug-likeness (QED) is 0.841. The number of rotatable bonds is 6. The third-order valence-corrected chi connectivity index (χ3v) is 3.71. The van der Waals surface area contributed by atoms with Gasteiger partial charge in [-0.05, 0) is 36.5 Å². The molecule has 1 saturated carbocycles. The van der Waals surface area contributed by atoms with Crippen LogP contribution in [0.3, 0.4) is 0 Å². The van der Waals surface area contributed by atoms with Crippen molar-refractivity contribution >= 4 is 11.6 Å². The Labute approximate surface area is 115 Å². The first-order valence-corrected chi connectivity index (χ1v) is 7.17. The van der Waals surface area contributed by atoms with E-state index in [1.165, 1.54) is 24.8 Å². The van der Waals surface area contributed by atoms with Gasteiger partial charge >= 0.3 is 0 Å². The van der Waals surface area contributed by atoms with Gasteiger partial charge in [-0.1, -0.05) is 37.9 Å². The van der Waals surface area contributed by atoms with E-state index >= 15 is 0 Å². The Balaban J connectivity index is 1.87. The lowest BCUT2D eigenvalue weighted by molar-refractivity contribution is 0.180. The first-order valence-electron chi connectivity index (χ1n) is 6.80. The molecule has 1 fully saturated rings. The zero-order valence-electron chi connectivity index (χ0n) is 11.2. The molecule has 0 radical (unpaired) electrons. The number of halogens is 1. The van der Waals surface area contributed by atoms with Crippen LogP contribution in [0.15, 0.2) is 18.2 Å². The Morgan fingerprint density at radius 3 is 2.72 bits per heavy atom. The van der Waals surface area contributed by atoms with Crippen molar-refractivity contribution in [2.24, 2.45) is 5.92 Å². The minimum absolute atomic E-state index is 0.485. The largest absolute Gasteiger partial charge is 0.492 e. The normalized spacial score (nSPS) is 15.8. The first kappa shape index (κ1) is 13.7. The maximum Gasteiger partial charge on any atom is 0.137 e. The van der Waals surface area contributed by atoms with Crippen LogP contribution in [0.2, 0.25) is 5.02 Å². The molecule has 0 bridgehead atoms. The minimum Gasteiger partial charge on any atom is -0.492 e. The molecule has 100 valence electrons. The Kier molecular flexibility index (Phi) is 4.90. The van der Waals surface area contributed by atoms with Gasteiger partial charge in [0.2, 0.25) is 0 Å². The predicted molar refractivity (Wildman–Crippen MR) is 76.3 cm³/mol. The van der Waals surface area contributed by atoms with Crippen molar-refractivity contribution in [3.8, 4) is 5.75 Å². The highest BCUT2D eigenvalue weighted by molar-refractivity contribution is 6.32. The SMILES string of the molecule is CC(C)NCc1ccc(OCC2CCC2)c(Cl)c1. The second-order valence-corrected chi connectivity index (χ2v) is 5.82. The van der Waals surface area contributed by atoms with Gasteiger partial charge in [0, 0.05) is 12.6 Å². The molecule has 0 aliphatic heterocycles. The Morgan fingerprint density at radius 2 is 2.17 bits per heavy atom. The van der Waals surface area contributed by atoms with E-state index in [2.05, 4.69) is 25.2 Å². The van der Waals surface area contributed by atoms with Crippen LogP contribution in [0.1, 0.15) is 38.7 Å². The second-order valence-electron chi connectivity index (χ2n) is 5.41. The van der Waals surface area contributed by atoms with E-state index in [9.17, 15) is 0 Å². The Morgan fingerprint density at radius 1 is 1.39 bits per heavy atom. The molecule has 1 aromatic rings. The summed E-state index contributed by atoms with van der Waals surface area (Å²) < 4.78 is 5.77. The molecular weight excluding hydrogens is 246 g/mol. The van der Waals surface area contributed by atoms with Crippen molar-refractivity contribution < 1.29 is 4.74 Å². The molecule has 1 N–H and O–H groups in total. The lowest BCUT2D eigenvalue weighted by atomic mass is 9.86. The molecule has 2 rings (SSSR count). The zero-order valence-corrected chi connectivity index (χ0v) is 12.0. The number of ether oxygens (including phenoxy) is 1. The number of hydrogen-bond acceptors (Lipinski definition) is 2. The van der Waals surface area contributed by atoms with Crippen LogP contribution in [0.5, 0.6) is 5.75 Å². The van der Waals surface area contributed by atoms with Gasteiger partial charge in [0.1, 0.15) is 5.75 Å². The summed E-state index contributed by atoms with van der Waals surface area (Å²) in [5.74, 6) is 1.56. The first-order chi connectivity index (χ1) is 8.65. The summed E-state index contributed by atoms with van der Waals surface area (Å²) in [4.78, 5) is 0. The predicted octanol–water partition coefficient (Wildman–Crippen LogP) is 4.02. The highest BCUT2D eigenvalue weighted by Gasteiger charge is 2.18. The molecule has 1 aliphatic rings. The second kappa shape index (κ2) is 6.44. The van der Waals surface area contributed by atoms with Gasteiger partial charge in [-0.25, -0.2) is 0 Å². The molecule has 0 atom stereocenters. The lowest BCUT2D eigenvalue weighted by Crippen LogP contribution is -2.21. The van der Waals surface area contributed by atoms with Crippen molar-refractivity contribution in [3.05, 3.63) is 28.8 Å².